The van der Waals surface area contributed by atoms with Gasteiger partial charge >= 0.3 is 0 Å². The van der Waals surface area contributed by atoms with Crippen LogP contribution in [0.15, 0.2) is 36.4 Å². The molecule has 1 fully saturated rings. The average Bonchev–Trinajstić information content (AvgIpc) is 2.87. The second-order valence-electron chi connectivity index (χ2n) is 5.45. The Bertz CT molecular complexity index is 597. The molecule has 3 heteroatoms. The van der Waals surface area contributed by atoms with E-state index in [9.17, 15) is 5.11 Å². The van der Waals surface area contributed by atoms with Gasteiger partial charge in [0.2, 0.25) is 0 Å². The van der Waals surface area contributed by atoms with Crippen molar-refractivity contribution in [1.29, 1.82) is 0 Å². The number of ether oxygens (including phenoxy) is 1. The minimum Gasteiger partial charge on any atom is -0.487 e. The van der Waals surface area contributed by atoms with Gasteiger partial charge in [0.05, 0.1) is 6.10 Å². The summed E-state index contributed by atoms with van der Waals surface area (Å²) in [5, 5.41) is 15.6. The van der Waals surface area contributed by atoms with E-state index in [4.69, 9.17) is 4.74 Å². The van der Waals surface area contributed by atoms with Gasteiger partial charge in [0.1, 0.15) is 11.9 Å². The van der Waals surface area contributed by atoms with Crippen LogP contribution in [0, 0.1) is 0 Å². The Morgan fingerprint density at radius 1 is 1.20 bits per heavy atom. The van der Waals surface area contributed by atoms with Crippen LogP contribution in [0.4, 0.5) is 0 Å². The van der Waals surface area contributed by atoms with Crippen LogP contribution < -0.4 is 10.1 Å². The number of hydrogen-bond acceptors (Lipinski definition) is 3. The molecule has 2 unspecified atom stereocenters. The van der Waals surface area contributed by atoms with Gasteiger partial charge in [-0.1, -0.05) is 30.3 Å². The maximum atomic E-state index is 9.94. The zero-order chi connectivity index (χ0) is 13.9. The van der Waals surface area contributed by atoms with Crippen LogP contribution >= 0.6 is 0 Å². The highest BCUT2D eigenvalue weighted by Crippen LogP contribution is 2.31. The van der Waals surface area contributed by atoms with Gasteiger partial charge in [0.15, 0.2) is 0 Å². The van der Waals surface area contributed by atoms with Gasteiger partial charge in [-0.05, 0) is 43.1 Å². The number of aliphatic hydroxyl groups is 1. The molecule has 1 aliphatic carbocycles. The average molecular weight is 271 g/mol. The summed E-state index contributed by atoms with van der Waals surface area (Å²) in [6.07, 6.45) is 2.43. The van der Waals surface area contributed by atoms with Crippen molar-refractivity contribution in [2.24, 2.45) is 0 Å². The molecule has 20 heavy (non-hydrogen) atoms. The maximum Gasteiger partial charge on any atom is 0.124 e. The van der Waals surface area contributed by atoms with Gasteiger partial charge in [-0.15, -0.1) is 0 Å². The summed E-state index contributed by atoms with van der Waals surface area (Å²) in [5.74, 6) is 0.893. The second kappa shape index (κ2) is 5.81. The number of hydrogen-bond donors (Lipinski definition) is 2. The lowest BCUT2D eigenvalue weighted by Crippen LogP contribution is -2.26. The van der Waals surface area contributed by atoms with Crippen LogP contribution in [0.1, 0.15) is 24.8 Å². The van der Waals surface area contributed by atoms with Gasteiger partial charge in [0.25, 0.3) is 0 Å². The molecule has 3 rings (SSSR count). The molecule has 106 valence electrons. The molecule has 0 aliphatic heterocycles. The van der Waals surface area contributed by atoms with Crippen molar-refractivity contribution >= 4 is 10.8 Å². The first-order valence-corrected chi connectivity index (χ1v) is 7.29. The molecule has 2 atom stereocenters. The van der Waals surface area contributed by atoms with Crippen LogP contribution in [0.3, 0.4) is 0 Å². The third-order valence-corrected chi connectivity index (χ3v) is 4.05. The monoisotopic (exact) mass is 271 g/mol. The molecule has 1 aliphatic rings. The van der Waals surface area contributed by atoms with Crippen molar-refractivity contribution in [1.82, 2.24) is 5.32 Å². The van der Waals surface area contributed by atoms with E-state index in [0.717, 1.165) is 31.6 Å². The highest BCUT2D eigenvalue weighted by atomic mass is 16.5. The van der Waals surface area contributed by atoms with Crippen LogP contribution in [0.5, 0.6) is 5.75 Å². The predicted molar refractivity (Wildman–Crippen MR) is 81.0 cm³/mol. The first kappa shape index (κ1) is 13.4. The van der Waals surface area contributed by atoms with Gasteiger partial charge in [-0.25, -0.2) is 0 Å². The second-order valence-corrected chi connectivity index (χ2v) is 5.45. The Morgan fingerprint density at radius 2 is 2.05 bits per heavy atom. The molecule has 0 radical (unpaired) electrons. The number of rotatable bonds is 4. The van der Waals surface area contributed by atoms with Crippen LogP contribution in [0.25, 0.3) is 10.8 Å². The lowest BCUT2D eigenvalue weighted by molar-refractivity contribution is 0.0598. The van der Waals surface area contributed by atoms with Crippen LogP contribution in [-0.4, -0.2) is 24.4 Å². The molecule has 2 aromatic rings. The van der Waals surface area contributed by atoms with Crippen LogP contribution in [0.2, 0.25) is 0 Å². The lowest BCUT2D eigenvalue weighted by Gasteiger charge is -2.20. The van der Waals surface area contributed by atoms with E-state index in [-0.39, 0.29) is 12.2 Å². The van der Waals surface area contributed by atoms with E-state index in [2.05, 4.69) is 29.6 Å². The summed E-state index contributed by atoms with van der Waals surface area (Å²) in [4.78, 5) is 0. The molecule has 0 aromatic heterocycles. The SMILES string of the molecule is CNCc1c(OC2CCCC2O)ccc2ccccc12. The first-order chi connectivity index (χ1) is 9.79. The van der Waals surface area contributed by atoms with Gasteiger partial charge in [-0.3, -0.25) is 0 Å². The molecule has 0 spiro atoms. The van der Waals surface area contributed by atoms with Crippen LogP contribution in [-0.2, 0) is 6.54 Å². The Labute approximate surface area is 119 Å². The zero-order valence-corrected chi connectivity index (χ0v) is 11.8. The van der Waals surface area contributed by atoms with E-state index >= 15 is 0 Å². The predicted octanol–water partition coefficient (Wildman–Crippen LogP) is 2.85. The van der Waals surface area contributed by atoms with Crippen molar-refractivity contribution in [2.75, 3.05) is 7.05 Å². The topological polar surface area (TPSA) is 41.5 Å². The van der Waals surface area contributed by atoms with Crippen molar-refractivity contribution in [2.45, 2.75) is 38.0 Å². The summed E-state index contributed by atoms with van der Waals surface area (Å²) in [6, 6.07) is 12.5. The zero-order valence-electron chi connectivity index (χ0n) is 11.8. The number of fused-ring (bicyclic) bond motifs is 1. The largest absolute Gasteiger partial charge is 0.487 e. The normalized spacial score (nSPS) is 22.3. The third-order valence-electron chi connectivity index (χ3n) is 4.05. The minimum atomic E-state index is -0.330. The molecule has 0 saturated heterocycles. The molecule has 0 amide bonds. The summed E-state index contributed by atoms with van der Waals surface area (Å²) in [6.45, 7) is 0.763. The molecule has 0 bridgehead atoms. The Hall–Kier alpha value is -1.58. The van der Waals surface area contributed by atoms with Gasteiger partial charge in [-0.2, -0.15) is 0 Å². The summed E-state index contributed by atoms with van der Waals surface area (Å²) in [7, 11) is 1.94. The fourth-order valence-electron chi connectivity index (χ4n) is 2.99. The van der Waals surface area contributed by atoms with Gasteiger partial charge in [0, 0.05) is 12.1 Å². The lowest BCUT2D eigenvalue weighted by atomic mass is 10.0. The Morgan fingerprint density at radius 3 is 2.80 bits per heavy atom. The van der Waals surface area contributed by atoms with Gasteiger partial charge < -0.3 is 15.2 Å². The molecule has 2 N–H and O–H groups in total. The van der Waals surface area contributed by atoms with E-state index in [1.807, 2.05) is 19.2 Å². The Kier molecular flexibility index (Phi) is 3.90. The van der Waals surface area contributed by atoms with Crippen molar-refractivity contribution in [3.8, 4) is 5.75 Å². The smallest absolute Gasteiger partial charge is 0.124 e. The fraction of sp³-hybridized carbons (Fsp3) is 0.412. The third kappa shape index (κ3) is 2.51. The van der Waals surface area contributed by atoms with Crippen molar-refractivity contribution in [3.05, 3.63) is 42.0 Å². The maximum absolute atomic E-state index is 9.94. The summed E-state index contributed by atoms with van der Waals surface area (Å²) in [5.41, 5.74) is 1.17. The van der Waals surface area contributed by atoms with Crippen molar-refractivity contribution < 1.29 is 9.84 Å². The highest BCUT2D eigenvalue weighted by Gasteiger charge is 2.27. The number of aliphatic hydroxyl groups excluding tert-OH is 1. The molecule has 2 aromatic carbocycles. The van der Waals surface area contributed by atoms with Crippen molar-refractivity contribution in [3.63, 3.8) is 0 Å². The van der Waals surface area contributed by atoms with E-state index in [1.54, 1.807) is 0 Å². The van der Waals surface area contributed by atoms with E-state index in [0.29, 0.717) is 0 Å². The number of benzene rings is 2. The fourth-order valence-corrected chi connectivity index (χ4v) is 2.99. The molecule has 3 nitrogen and oxygen atoms in total. The highest BCUT2D eigenvalue weighted by molar-refractivity contribution is 5.87. The first-order valence-electron chi connectivity index (χ1n) is 7.29. The van der Waals surface area contributed by atoms with E-state index in [1.165, 1.54) is 16.3 Å². The minimum absolute atomic E-state index is 0.0632. The quantitative estimate of drug-likeness (QED) is 0.898. The summed E-state index contributed by atoms with van der Waals surface area (Å²) >= 11 is 0. The molecular formula is C17H21NO2. The van der Waals surface area contributed by atoms with E-state index < -0.39 is 0 Å². The Balaban J connectivity index is 1.98. The molecule has 0 heterocycles. The molecule has 1 saturated carbocycles. The number of nitrogens with one attached hydrogen (secondary N) is 1. The molecular weight excluding hydrogens is 250 g/mol. The summed E-state index contributed by atoms with van der Waals surface area (Å²) < 4.78 is 6.09. The standard InChI is InChI=1S/C17H21NO2/c1-18-11-14-13-6-3-2-5-12(13)9-10-16(14)20-17-8-4-7-15(17)19/h2-3,5-6,9-10,15,17-19H,4,7-8,11H2,1H3.